The highest BCUT2D eigenvalue weighted by Gasteiger charge is 2.43. The average Bonchev–Trinajstić information content (AvgIpc) is 1.64. The van der Waals surface area contributed by atoms with Gasteiger partial charge in [0, 0.05) is 162 Å². The molecule has 123 heavy (non-hydrogen) atoms. The number of Topliss-reactive ketones (excluding diaryl/α,β-unsaturated/α-hetero) is 4. The van der Waals surface area contributed by atoms with E-state index in [0.717, 1.165) is 245 Å². The van der Waals surface area contributed by atoms with E-state index >= 15 is 0 Å². The Balaban J connectivity index is 0.000000127. The topological polar surface area (TPSA) is 119 Å². The van der Waals surface area contributed by atoms with Crippen molar-refractivity contribution in [2.24, 2.45) is 11.8 Å². The summed E-state index contributed by atoms with van der Waals surface area (Å²) in [5.41, 5.74) is 8.44. The molecule has 4 aromatic heterocycles. The van der Waals surface area contributed by atoms with Crippen LogP contribution in [-0.4, -0.2) is 149 Å². The molecular formula is C103H122Cl5FN8O6. The van der Waals surface area contributed by atoms with Crippen molar-refractivity contribution in [2.75, 3.05) is 39.3 Å². The number of carbonyl (C=O) groups excluding carboxylic acids is 4. The van der Waals surface area contributed by atoms with Crippen molar-refractivity contribution in [1.82, 2.24) is 37.9 Å². The van der Waals surface area contributed by atoms with Crippen LogP contribution in [0.1, 0.15) is 229 Å². The molecule has 7 aliphatic rings. The summed E-state index contributed by atoms with van der Waals surface area (Å²) < 4.78 is 34.1. The van der Waals surface area contributed by atoms with E-state index in [-0.39, 0.29) is 41.2 Å². The van der Waals surface area contributed by atoms with E-state index in [1.165, 1.54) is 120 Å². The van der Waals surface area contributed by atoms with Gasteiger partial charge in [0.15, 0.2) is 23.1 Å². The summed E-state index contributed by atoms with van der Waals surface area (Å²) in [6.07, 6.45) is 38.3. The van der Waals surface area contributed by atoms with Gasteiger partial charge in [-0.05, 0) is 259 Å². The Morgan fingerprint density at radius 3 is 1.11 bits per heavy atom. The fourth-order valence-electron chi connectivity index (χ4n) is 21.9. The molecule has 7 atom stereocenters. The lowest BCUT2D eigenvalue weighted by Gasteiger charge is -2.39. The van der Waals surface area contributed by atoms with Crippen molar-refractivity contribution < 1.29 is 33.0 Å². The van der Waals surface area contributed by atoms with Crippen LogP contribution >= 0.6 is 58.0 Å². The van der Waals surface area contributed by atoms with Crippen LogP contribution in [0.15, 0.2) is 176 Å². The Morgan fingerprint density at radius 1 is 0.374 bits per heavy atom. The molecule has 0 spiro atoms. The first kappa shape index (κ1) is 90.0. The number of aromatic nitrogens is 4. The molecule has 7 fully saturated rings. The van der Waals surface area contributed by atoms with Crippen molar-refractivity contribution >= 4 is 125 Å². The number of ketones is 4. The standard InChI is InChI=1S/C28H33ClN2O.C26H28ClFN2O2.C25H35ClN2O.C24H26Cl2N2O2/c1-20(32)26-19-30(28-25(26)9-5-10-27(28)29)15-6-16-31-23-13-14-24(31)18-22(17-23)12-11-21-7-3-2-4-8-21;1-17(31)24-16-29(26-23(24)4-2-5-25(26)27)12-3-13-30-19-8-9-20(30)15-22(14-19)32-21-10-6-18(28)7-11-21;1-3-4-5-8-19-15-20-11-12-21(16-19)28(20)14-7-13-27-17-23(18(2)29)22-9-6-10-24(26)25(22)27;1-17(29)22-16-28(24-21(22)6-2-7-23(24)26)14-4-13-27-12-3-5-20(15-27)30-19-10-8-18(25)9-11-19/h2-5,7-10,19,22-24H,6,11-18H2,1H3;2,4-7,10-11,16,19-20,22H,3,8-9,12-15H2,1H3;6,9-10,17,19-21H,3-5,7-8,11-16H2,1-2H3;2,6-11,16,20H,3-5,12-15H2,1H3. The van der Waals surface area contributed by atoms with Gasteiger partial charge in [0.05, 0.1) is 42.2 Å². The molecule has 11 aromatic rings. The second kappa shape index (κ2) is 42.2. The van der Waals surface area contributed by atoms with E-state index in [0.29, 0.717) is 22.1 Å². The number of hydrogen-bond donors (Lipinski definition) is 0. The number of ether oxygens (including phenoxy) is 2. The minimum absolute atomic E-state index is 0.0669. The molecule has 20 heteroatoms. The van der Waals surface area contributed by atoms with Gasteiger partial charge in [0.1, 0.15) is 29.5 Å². The van der Waals surface area contributed by atoms with Crippen LogP contribution in [0, 0.1) is 17.7 Å². The van der Waals surface area contributed by atoms with Crippen molar-refractivity contribution in [1.29, 1.82) is 0 Å². The van der Waals surface area contributed by atoms with E-state index in [1.807, 2.05) is 122 Å². The van der Waals surface area contributed by atoms with Crippen molar-refractivity contribution in [3.63, 3.8) is 0 Å². The maximum Gasteiger partial charge on any atom is 0.161 e. The molecule has 0 amide bonds. The van der Waals surface area contributed by atoms with Crippen LogP contribution < -0.4 is 9.47 Å². The van der Waals surface area contributed by atoms with E-state index in [9.17, 15) is 23.6 Å². The number of likely N-dealkylation sites (tertiary alicyclic amines) is 1. The summed E-state index contributed by atoms with van der Waals surface area (Å²) in [7, 11) is 0. The van der Waals surface area contributed by atoms with Gasteiger partial charge in [-0.15, -0.1) is 0 Å². The van der Waals surface area contributed by atoms with E-state index < -0.39 is 0 Å². The smallest absolute Gasteiger partial charge is 0.161 e. The second-order valence-electron chi connectivity index (χ2n) is 36.0. The van der Waals surface area contributed by atoms with Gasteiger partial charge < -0.3 is 27.7 Å². The van der Waals surface area contributed by atoms with Gasteiger partial charge in [0.2, 0.25) is 0 Å². The summed E-state index contributed by atoms with van der Waals surface area (Å²) in [4.78, 5) is 59.0. The molecule has 6 bridgehead atoms. The van der Waals surface area contributed by atoms with Crippen LogP contribution in [0.2, 0.25) is 25.1 Å². The molecule has 7 aliphatic heterocycles. The van der Waals surface area contributed by atoms with E-state index in [2.05, 4.69) is 75.1 Å². The van der Waals surface area contributed by atoms with Crippen molar-refractivity contribution in [2.45, 2.75) is 263 Å². The normalized spacial score (nSPS) is 22.0. The molecule has 7 unspecified atom stereocenters. The molecule has 7 aromatic carbocycles. The molecule has 652 valence electrons. The fourth-order valence-corrected chi connectivity index (χ4v) is 23.2. The van der Waals surface area contributed by atoms with Crippen LogP contribution in [0.25, 0.3) is 43.6 Å². The first-order valence-corrected chi connectivity index (χ1v) is 47.6. The summed E-state index contributed by atoms with van der Waals surface area (Å²) in [5.74, 6) is 3.56. The van der Waals surface area contributed by atoms with E-state index in [4.69, 9.17) is 67.5 Å². The Morgan fingerprint density at radius 2 is 0.732 bits per heavy atom. The van der Waals surface area contributed by atoms with Crippen LogP contribution in [0.3, 0.4) is 0 Å². The summed E-state index contributed by atoms with van der Waals surface area (Å²) in [5, 5.41) is 7.40. The molecular weight excluding hydrogens is 1640 g/mol. The lowest BCUT2D eigenvalue weighted by Crippen LogP contribution is -2.46. The number of piperidine rings is 4. The minimum Gasteiger partial charge on any atom is -0.490 e. The number of unbranched alkanes of at least 4 members (excludes halogenated alkanes) is 2. The number of aryl methyl sites for hydroxylation is 5. The van der Waals surface area contributed by atoms with Crippen molar-refractivity contribution in [3.05, 3.63) is 235 Å². The zero-order chi connectivity index (χ0) is 85.8. The highest BCUT2D eigenvalue weighted by Crippen LogP contribution is 2.44. The molecule has 0 saturated carbocycles. The fraction of sp³-hybridized carbons (Fsp3) is 0.476. The zero-order valence-electron chi connectivity index (χ0n) is 72.4. The third-order valence-corrected chi connectivity index (χ3v) is 29.1. The van der Waals surface area contributed by atoms with Gasteiger partial charge in [-0.3, -0.25) is 38.8 Å². The zero-order valence-corrected chi connectivity index (χ0v) is 76.1. The van der Waals surface area contributed by atoms with Crippen LogP contribution in [-0.2, 0) is 32.6 Å². The molecule has 14 nitrogen and oxygen atoms in total. The Bertz CT molecular complexity index is 5390. The Kier molecular flexibility index (Phi) is 30.9. The SMILES string of the molecule is CC(=O)c1cn(CCCN2C3CCC2CC(CCc2ccccc2)C3)c2c(Cl)cccc12.CC(=O)c1cn(CCCN2C3CCC2CC(Oc2ccc(F)cc2)C3)c2c(Cl)cccc12.CC(=O)c1cn(CCCN2CCCC(Oc3ccc(Cl)cc3)C2)c2c(Cl)cccc12.CCCCCC1CC2CCC(C1)N2CCCn1cc(C(C)=O)c2cccc(Cl)c21. The second-order valence-corrected chi connectivity index (χ2v) is 38.1. The molecule has 0 aliphatic carbocycles. The molecule has 0 radical (unpaired) electrons. The number of hydrogen-bond acceptors (Lipinski definition) is 10. The first-order chi connectivity index (χ1) is 59.7. The maximum absolute atomic E-state index is 13.2. The van der Waals surface area contributed by atoms with Gasteiger partial charge in [0.25, 0.3) is 0 Å². The summed E-state index contributed by atoms with van der Waals surface area (Å²) in [6, 6.07) is 52.3. The summed E-state index contributed by atoms with van der Waals surface area (Å²) >= 11 is 31.9. The lowest BCUT2D eigenvalue weighted by molar-refractivity contribution is 0.0481. The van der Waals surface area contributed by atoms with Gasteiger partial charge >= 0.3 is 0 Å². The number of nitrogens with zero attached hydrogens (tertiary/aromatic N) is 8. The van der Waals surface area contributed by atoms with Gasteiger partial charge in [-0.1, -0.05) is 169 Å². The monoisotopic (exact) mass is 1760 g/mol. The third-order valence-electron chi connectivity index (χ3n) is 27.6. The number of carbonyl (C=O) groups is 4. The number of para-hydroxylation sites is 4. The highest BCUT2D eigenvalue weighted by molar-refractivity contribution is 6.37. The Hall–Kier alpha value is -7.80. The summed E-state index contributed by atoms with van der Waals surface area (Å²) in [6.45, 7) is 18.6. The molecule has 11 heterocycles. The third kappa shape index (κ3) is 22.1. The Labute approximate surface area is 751 Å². The largest absolute Gasteiger partial charge is 0.490 e. The van der Waals surface area contributed by atoms with Gasteiger partial charge in [-0.2, -0.15) is 0 Å². The molecule has 7 saturated heterocycles. The van der Waals surface area contributed by atoms with Crippen LogP contribution in [0.5, 0.6) is 11.5 Å². The van der Waals surface area contributed by atoms with Crippen molar-refractivity contribution in [3.8, 4) is 11.5 Å². The van der Waals surface area contributed by atoms with Crippen LogP contribution in [0.4, 0.5) is 4.39 Å². The van der Waals surface area contributed by atoms with Gasteiger partial charge in [-0.25, -0.2) is 4.39 Å². The maximum atomic E-state index is 13.2. The number of rotatable bonds is 31. The predicted octanol–water partition coefficient (Wildman–Crippen LogP) is 25.7. The number of halogens is 6. The quantitative estimate of drug-likeness (QED) is 0.0307. The number of fused-ring (bicyclic) bond motifs is 10. The number of benzene rings is 7. The first-order valence-electron chi connectivity index (χ1n) is 45.7. The average molecular weight is 1760 g/mol. The minimum atomic E-state index is -0.237. The molecule has 0 N–H and O–H groups in total. The highest BCUT2D eigenvalue weighted by atomic mass is 35.5. The predicted molar refractivity (Wildman–Crippen MR) is 503 cm³/mol. The lowest BCUT2D eigenvalue weighted by atomic mass is 9.86. The molecule has 18 rings (SSSR count). The van der Waals surface area contributed by atoms with E-state index in [1.54, 1.807) is 39.8 Å².